The highest BCUT2D eigenvalue weighted by molar-refractivity contribution is 7.90. The molecule has 3 aromatic rings. The Bertz CT molecular complexity index is 1340. The lowest BCUT2D eigenvalue weighted by atomic mass is 10.2. The van der Waals surface area contributed by atoms with Crippen molar-refractivity contribution in [2.75, 3.05) is 31.1 Å². The molecule has 4 heterocycles. The van der Waals surface area contributed by atoms with Crippen LogP contribution in [-0.4, -0.2) is 70.7 Å². The van der Waals surface area contributed by atoms with Crippen LogP contribution in [0.15, 0.2) is 37.1 Å². The molecule has 1 unspecified atom stereocenters. The van der Waals surface area contributed by atoms with Gasteiger partial charge in [0.15, 0.2) is 0 Å². The van der Waals surface area contributed by atoms with Crippen molar-refractivity contribution in [1.82, 2.24) is 34.8 Å². The fourth-order valence-electron chi connectivity index (χ4n) is 3.53. The molecule has 2 amide bonds. The summed E-state index contributed by atoms with van der Waals surface area (Å²) in [6.45, 7) is 7.53. The lowest BCUT2D eigenvalue weighted by molar-refractivity contribution is 0.200. The van der Waals surface area contributed by atoms with Gasteiger partial charge in [-0.05, 0) is 30.3 Å². The average molecular weight is 557 g/mol. The minimum Gasteiger partial charge on any atom is -0.352 e. The number of aryl methyl sites for hydroxylation is 1. The molecule has 1 atom stereocenters. The van der Waals surface area contributed by atoms with Crippen molar-refractivity contribution in [2.24, 2.45) is 0 Å². The molecule has 0 radical (unpaired) electrons. The van der Waals surface area contributed by atoms with E-state index in [1.54, 1.807) is 24.4 Å². The molecule has 0 aromatic carbocycles. The molecule has 0 spiro atoms. The maximum absolute atomic E-state index is 12.8. The van der Waals surface area contributed by atoms with Crippen LogP contribution in [0.2, 0.25) is 9.36 Å². The van der Waals surface area contributed by atoms with Crippen LogP contribution in [0.5, 0.6) is 0 Å². The van der Waals surface area contributed by atoms with E-state index in [9.17, 15) is 13.2 Å². The minimum absolute atomic E-state index is 0.289. The molecule has 11 nitrogen and oxygen atoms in total. The van der Waals surface area contributed by atoms with Gasteiger partial charge in [0.25, 0.3) is 0 Å². The Hall–Kier alpha value is -2.74. The Kier molecular flexibility index (Phi) is 7.59. The largest absolute Gasteiger partial charge is 0.352 e. The second-order valence-electron chi connectivity index (χ2n) is 7.56. The number of aromatic nitrogens is 5. The molecule has 1 fully saturated rings. The minimum atomic E-state index is -4.04. The van der Waals surface area contributed by atoms with Gasteiger partial charge in [-0.2, -0.15) is 4.80 Å². The number of pyridine rings is 1. The number of nitrogens with zero attached hydrogens (tertiary/aromatic N) is 7. The summed E-state index contributed by atoms with van der Waals surface area (Å²) < 4.78 is 28.2. The molecule has 0 saturated carbocycles. The average Bonchev–Trinajstić information content (AvgIpc) is 3.48. The molecule has 1 N–H and O–H groups in total. The number of amides is 2. The molecule has 1 aliphatic heterocycles. The molecular formula is C20H22Cl2N8O3S2. The van der Waals surface area contributed by atoms with Crippen LogP contribution < -0.4 is 9.62 Å². The number of hydrogen-bond donors (Lipinski definition) is 1. The summed E-state index contributed by atoms with van der Waals surface area (Å²) in [7, 11) is -4.04. The molecule has 15 heteroatoms. The smallest absolute Gasteiger partial charge is 0.331 e. The molecule has 4 rings (SSSR count). The predicted octanol–water partition coefficient (Wildman–Crippen LogP) is 3.21. The number of urea groups is 1. The first-order valence-electron chi connectivity index (χ1n) is 10.6. The van der Waals surface area contributed by atoms with Crippen molar-refractivity contribution in [1.29, 1.82) is 0 Å². The van der Waals surface area contributed by atoms with E-state index >= 15 is 0 Å². The Balaban J connectivity index is 1.38. The monoisotopic (exact) mass is 556 g/mol. The Morgan fingerprint density at radius 2 is 2.03 bits per heavy atom. The van der Waals surface area contributed by atoms with Crippen molar-refractivity contribution in [3.05, 3.63) is 51.3 Å². The van der Waals surface area contributed by atoms with Crippen molar-refractivity contribution < 1.29 is 13.2 Å². The maximum atomic E-state index is 12.8. The zero-order valence-corrected chi connectivity index (χ0v) is 21.8. The molecule has 0 bridgehead atoms. The first kappa shape index (κ1) is 25.4. The first-order chi connectivity index (χ1) is 16.7. The normalized spacial score (nSPS) is 15.2. The van der Waals surface area contributed by atoms with E-state index in [-0.39, 0.29) is 13.1 Å². The lowest BCUT2D eigenvalue weighted by Gasteiger charge is -2.35. The standard InChI is InChI=1S/C20H22Cl2N8O3S2/c1-3-16(15-5-6-17(22)34-15)35(32,33)26-20(31)29-9-7-28(8-10-29)19-14(21)11-13(12-23-19)18-24-27-30(4-2)25-18/h3,5-6,11-12,16H,1,4,7-10H2,2H3,(H,26,31). The highest BCUT2D eigenvalue weighted by Gasteiger charge is 2.31. The zero-order valence-electron chi connectivity index (χ0n) is 18.6. The Morgan fingerprint density at radius 3 is 2.60 bits per heavy atom. The van der Waals surface area contributed by atoms with E-state index in [0.29, 0.717) is 51.1 Å². The molecule has 186 valence electrons. The van der Waals surface area contributed by atoms with Crippen molar-refractivity contribution in [2.45, 2.75) is 18.7 Å². The highest BCUT2D eigenvalue weighted by Crippen LogP contribution is 2.32. The molecule has 1 saturated heterocycles. The van der Waals surface area contributed by atoms with E-state index in [0.717, 1.165) is 11.3 Å². The van der Waals surface area contributed by atoms with Crippen molar-refractivity contribution >= 4 is 56.4 Å². The number of piperazine rings is 1. The molecule has 1 aliphatic rings. The fourth-order valence-corrected chi connectivity index (χ4v) is 6.51. The third-order valence-corrected chi connectivity index (χ3v) is 8.65. The van der Waals surface area contributed by atoms with Gasteiger partial charge in [0.05, 0.1) is 15.9 Å². The number of hydrogen-bond acceptors (Lipinski definition) is 9. The summed E-state index contributed by atoms with van der Waals surface area (Å²) >= 11 is 13.5. The summed E-state index contributed by atoms with van der Waals surface area (Å²) in [4.78, 5) is 22.5. The van der Waals surface area contributed by atoms with Gasteiger partial charge < -0.3 is 9.80 Å². The van der Waals surface area contributed by atoms with E-state index in [1.165, 1.54) is 15.8 Å². The molecule has 3 aromatic heterocycles. The highest BCUT2D eigenvalue weighted by atomic mass is 35.5. The van der Waals surface area contributed by atoms with Crippen LogP contribution in [-0.2, 0) is 16.6 Å². The van der Waals surface area contributed by atoms with Crippen molar-refractivity contribution in [3.63, 3.8) is 0 Å². The summed E-state index contributed by atoms with van der Waals surface area (Å²) in [6.07, 6.45) is 2.89. The third kappa shape index (κ3) is 5.58. The van der Waals surface area contributed by atoms with Crippen LogP contribution in [0.25, 0.3) is 11.4 Å². The van der Waals surface area contributed by atoms with Crippen LogP contribution in [0, 0.1) is 0 Å². The van der Waals surface area contributed by atoms with E-state index in [1.807, 2.05) is 11.8 Å². The quantitative estimate of drug-likeness (QED) is 0.439. The topological polar surface area (TPSA) is 126 Å². The summed E-state index contributed by atoms with van der Waals surface area (Å²) in [5.41, 5.74) is 0.644. The number of anilines is 1. The second-order valence-corrected chi connectivity index (χ2v) is 11.5. The zero-order chi connectivity index (χ0) is 25.2. The molecular weight excluding hydrogens is 535 g/mol. The summed E-state index contributed by atoms with van der Waals surface area (Å²) in [5.74, 6) is 0.991. The lowest BCUT2D eigenvalue weighted by Crippen LogP contribution is -2.53. The van der Waals surface area contributed by atoms with Gasteiger partial charge in [0, 0.05) is 42.8 Å². The number of thiophene rings is 1. The number of halogens is 2. The van der Waals surface area contributed by atoms with Crippen LogP contribution >= 0.6 is 34.5 Å². The van der Waals surface area contributed by atoms with Crippen molar-refractivity contribution in [3.8, 4) is 11.4 Å². The van der Waals surface area contributed by atoms with Gasteiger partial charge in [0.1, 0.15) is 11.1 Å². The number of carbonyl (C=O) groups is 1. The van der Waals surface area contributed by atoms with E-state index in [4.69, 9.17) is 23.2 Å². The van der Waals surface area contributed by atoms with Crippen LogP contribution in [0.4, 0.5) is 10.6 Å². The van der Waals surface area contributed by atoms with Crippen LogP contribution in [0.3, 0.4) is 0 Å². The Morgan fingerprint density at radius 1 is 1.29 bits per heavy atom. The van der Waals surface area contributed by atoms with Gasteiger partial charge in [-0.15, -0.1) is 28.1 Å². The third-order valence-electron chi connectivity index (χ3n) is 5.33. The van der Waals surface area contributed by atoms with Gasteiger partial charge in [-0.25, -0.2) is 22.9 Å². The number of carbonyl (C=O) groups excluding carboxylic acids is 1. The maximum Gasteiger partial charge on any atom is 0.331 e. The van der Waals surface area contributed by atoms with Gasteiger partial charge in [-0.1, -0.05) is 29.3 Å². The van der Waals surface area contributed by atoms with Gasteiger partial charge in [-0.3, -0.25) is 0 Å². The first-order valence-corrected chi connectivity index (χ1v) is 13.7. The SMILES string of the molecule is C=CC(c1ccc(Cl)s1)S(=O)(=O)NC(=O)N1CCN(c2ncc(-c3nnn(CC)n3)cc2Cl)CC1. The van der Waals surface area contributed by atoms with Gasteiger partial charge in [0.2, 0.25) is 15.8 Å². The number of tetrazole rings is 1. The second kappa shape index (κ2) is 10.5. The summed E-state index contributed by atoms with van der Waals surface area (Å²) in [6, 6.07) is 4.23. The molecule has 35 heavy (non-hydrogen) atoms. The molecule has 0 aliphatic carbocycles. The van der Waals surface area contributed by atoms with Crippen LogP contribution in [0.1, 0.15) is 17.1 Å². The summed E-state index contributed by atoms with van der Waals surface area (Å²) in [5, 5.41) is 11.5. The predicted molar refractivity (Wildman–Crippen MR) is 135 cm³/mol. The van der Waals surface area contributed by atoms with E-state index in [2.05, 4.69) is 31.7 Å². The number of nitrogens with one attached hydrogen (secondary N) is 1. The number of rotatable bonds is 7. The van der Waals surface area contributed by atoms with E-state index < -0.39 is 21.3 Å². The van der Waals surface area contributed by atoms with Gasteiger partial charge >= 0.3 is 6.03 Å². The number of sulfonamides is 1. The Labute approximate surface area is 216 Å². The fraction of sp³-hybridized carbons (Fsp3) is 0.350.